The average molecular weight is 306 g/mol. The summed E-state index contributed by atoms with van der Waals surface area (Å²) in [5, 5.41) is 0. The number of hydrogen-bond acceptors (Lipinski definition) is 1. The molecule has 0 aliphatic heterocycles. The van der Waals surface area contributed by atoms with Crippen LogP contribution in [0.5, 0.6) is 0 Å². The van der Waals surface area contributed by atoms with Crippen LogP contribution in [0.15, 0.2) is 11.2 Å². The van der Waals surface area contributed by atoms with Gasteiger partial charge in [0.15, 0.2) is 0 Å². The quantitative estimate of drug-likeness (QED) is 0.545. The van der Waals surface area contributed by atoms with Crippen LogP contribution in [-0.4, -0.2) is 10.6 Å². The molecule has 0 radical (unpaired) electrons. The van der Waals surface area contributed by atoms with E-state index in [4.69, 9.17) is 0 Å². The van der Waals surface area contributed by atoms with Crippen molar-refractivity contribution in [1.82, 2.24) is 0 Å². The Labute approximate surface area is 73.7 Å². The van der Waals surface area contributed by atoms with Crippen molar-refractivity contribution in [2.75, 3.05) is 0 Å². The van der Waals surface area contributed by atoms with Gasteiger partial charge in [-0.25, -0.2) is 0 Å². The van der Waals surface area contributed by atoms with Gasteiger partial charge in [0, 0.05) is 0 Å². The van der Waals surface area contributed by atoms with Gasteiger partial charge in [-0.1, -0.05) is 0 Å². The predicted molar refractivity (Wildman–Crippen MR) is 41.8 cm³/mol. The molecule has 0 aromatic rings. The third-order valence-electron chi connectivity index (χ3n) is 0.719. The van der Waals surface area contributed by atoms with Gasteiger partial charge in [-0.15, -0.1) is 0 Å². The van der Waals surface area contributed by atoms with Crippen LogP contribution in [0.3, 0.4) is 0 Å². The number of aliphatic imine (C=N–C) groups is 1. The molecule has 0 aliphatic carbocycles. The van der Waals surface area contributed by atoms with Crippen molar-refractivity contribution in [2.45, 2.75) is 20.8 Å². The van der Waals surface area contributed by atoms with E-state index in [0.29, 0.717) is 0 Å². The molecule has 0 amide bonds. The van der Waals surface area contributed by atoms with Gasteiger partial charge in [0.05, 0.1) is 0 Å². The standard InChI is InChI=1S/C8H12N.W/c1-5-9-7-6-8(2,3)4;/h1,5,7H,2-4H3;/q-1;. The Morgan fingerprint density at radius 3 is 2.40 bits per heavy atom. The van der Waals surface area contributed by atoms with Crippen LogP contribution in [0, 0.1) is 11.5 Å². The van der Waals surface area contributed by atoms with Gasteiger partial charge in [0.2, 0.25) is 0 Å². The average Bonchev–Trinajstić information content (AvgIpc) is 1.78. The van der Waals surface area contributed by atoms with Crippen LogP contribution in [0.2, 0.25) is 0 Å². The summed E-state index contributed by atoms with van der Waals surface area (Å²) in [6.07, 6.45) is 6.63. The molecule has 0 unspecified atom stereocenters. The van der Waals surface area contributed by atoms with Crippen molar-refractivity contribution in [1.29, 1.82) is 0 Å². The van der Waals surface area contributed by atoms with Gasteiger partial charge >= 0.3 is 73.4 Å². The van der Waals surface area contributed by atoms with Crippen molar-refractivity contribution in [2.24, 2.45) is 10.4 Å². The molecule has 0 heterocycles. The first-order valence-corrected chi connectivity index (χ1v) is 4.82. The van der Waals surface area contributed by atoms with Crippen LogP contribution >= 0.6 is 0 Å². The zero-order chi connectivity index (χ0) is 8.04. The molecular weight excluding hydrogens is 294 g/mol. The van der Waals surface area contributed by atoms with Crippen LogP contribution in [0.4, 0.5) is 0 Å². The third-order valence-corrected chi connectivity index (χ3v) is 1.16. The fraction of sp³-hybridized carbons (Fsp3) is 0.500. The Balaban J connectivity index is 3.77. The normalized spacial score (nSPS) is 13.1. The minimum atomic E-state index is 0.123. The van der Waals surface area contributed by atoms with E-state index < -0.39 is 0 Å². The summed E-state index contributed by atoms with van der Waals surface area (Å²) < 4.78 is 1.97. The summed E-state index contributed by atoms with van der Waals surface area (Å²) >= 11 is 1.42. The Bertz CT molecular complexity index is 151. The second kappa shape index (κ2) is 4.73. The summed E-state index contributed by atoms with van der Waals surface area (Å²) in [6.45, 7) is 6.29. The monoisotopic (exact) mass is 306 g/mol. The molecule has 0 bridgehead atoms. The van der Waals surface area contributed by atoms with E-state index in [1.807, 2.05) is 4.40 Å². The summed E-state index contributed by atoms with van der Waals surface area (Å²) in [4.78, 5) is 3.98. The Morgan fingerprint density at radius 1 is 1.40 bits per heavy atom. The number of rotatable bonds is 2. The summed E-state index contributed by atoms with van der Waals surface area (Å²) in [5.74, 6) is 0. The van der Waals surface area contributed by atoms with Crippen molar-refractivity contribution >= 4 is 10.6 Å². The first-order chi connectivity index (χ1) is 4.56. The molecule has 0 saturated heterocycles. The van der Waals surface area contributed by atoms with Gasteiger partial charge in [-0.3, -0.25) is 0 Å². The van der Waals surface area contributed by atoms with Crippen molar-refractivity contribution < 1.29 is 19.4 Å². The Kier molecular flexibility index (Phi) is 4.72. The molecule has 0 N–H and O–H groups in total. The fourth-order valence-corrected chi connectivity index (χ4v) is 0.562. The van der Waals surface area contributed by atoms with Crippen LogP contribution in [0.1, 0.15) is 20.8 Å². The predicted octanol–water partition coefficient (Wildman–Crippen LogP) is 1.77. The molecule has 0 rings (SSSR count). The van der Waals surface area contributed by atoms with Crippen LogP contribution < -0.4 is 0 Å². The summed E-state index contributed by atoms with van der Waals surface area (Å²) in [5.41, 5.74) is 0.123. The van der Waals surface area contributed by atoms with E-state index in [-0.39, 0.29) is 5.41 Å². The van der Waals surface area contributed by atoms with Crippen molar-refractivity contribution in [3.63, 3.8) is 0 Å². The molecule has 0 fully saturated rings. The Morgan fingerprint density at radius 2 is 2.00 bits per heavy atom. The van der Waals surface area contributed by atoms with E-state index in [1.54, 1.807) is 12.4 Å². The van der Waals surface area contributed by atoms with Crippen molar-refractivity contribution in [3.8, 4) is 0 Å². The zero-order valence-corrected chi connectivity index (χ0v) is 9.52. The second-order valence-electron chi connectivity index (χ2n) is 2.96. The molecule has 1 nitrogen and oxygen atoms in total. The first-order valence-electron chi connectivity index (χ1n) is 3.12. The minimum absolute atomic E-state index is 0.123. The molecule has 0 spiro atoms. The van der Waals surface area contributed by atoms with Crippen LogP contribution in [0.25, 0.3) is 0 Å². The fourth-order valence-electron chi connectivity index (χ4n) is 0.309. The van der Waals surface area contributed by atoms with E-state index in [1.165, 1.54) is 19.4 Å². The van der Waals surface area contributed by atoms with Gasteiger partial charge < -0.3 is 0 Å². The van der Waals surface area contributed by atoms with Crippen molar-refractivity contribution in [3.05, 3.63) is 12.3 Å². The first kappa shape index (κ1) is 9.97. The number of nitrogens with zero attached hydrogens (tertiary/aromatic N) is 1. The van der Waals surface area contributed by atoms with Gasteiger partial charge in [-0.05, 0) is 0 Å². The topological polar surface area (TPSA) is 12.4 Å². The van der Waals surface area contributed by atoms with E-state index in [2.05, 4.69) is 31.8 Å². The molecule has 56 valence electrons. The second-order valence-corrected chi connectivity index (χ2v) is 3.94. The van der Waals surface area contributed by atoms with Gasteiger partial charge in [0.25, 0.3) is 0 Å². The summed E-state index contributed by atoms with van der Waals surface area (Å²) in [7, 11) is 0. The molecule has 2 heteroatoms. The van der Waals surface area contributed by atoms with E-state index in [0.717, 1.165) is 0 Å². The number of hydrogen-bond donors (Lipinski definition) is 0. The molecule has 0 aliphatic rings. The summed E-state index contributed by atoms with van der Waals surface area (Å²) in [6, 6.07) is 0. The Hall–Kier alpha value is -0.0317. The molecular formula is C8H12NW-. The van der Waals surface area contributed by atoms with E-state index >= 15 is 0 Å². The zero-order valence-electron chi connectivity index (χ0n) is 6.59. The molecule has 0 aromatic heterocycles. The molecule has 0 aromatic carbocycles. The molecule has 0 atom stereocenters. The van der Waals surface area contributed by atoms with Gasteiger partial charge in [0.1, 0.15) is 0 Å². The molecule has 0 saturated carbocycles. The third kappa shape index (κ3) is 7.97. The van der Waals surface area contributed by atoms with Crippen LogP contribution in [-0.2, 0) is 19.4 Å². The SMILES string of the molecule is CC(C)(C)[C-]=CN=C[CH]=[W]. The maximum absolute atomic E-state index is 3.98. The number of allylic oxidation sites excluding steroid dienone is 1. The maximum atomic E-state index is 3.98. The van der Waals surface area contributed by atoms with Gasteiger partial charge in [-0.2, -0.15) is 0 Å². The molecule has 10 heavy (non-hydrogen) atoms. The van der Waals surface area contributed by atoms with E-state index in [9.17, 15) is 0 Å².